The van der Waals surface area contributed by atoms with Gasteiger partial charge in [-0.1, -0.05) is 23.2 Å². The van der Waals surface area contributed by atoms with E-state index in [2.05, 4.69) is 5.32 Å². The fourth-order valence-corrected chi connectivity index (χ4v) is 4.02. The highest BCUT2D eigenvalue weighted by atomic mass is 35.5. The van der Waals surface area contributed by atoms with Gasteiger partial charge in [-0.3, -0.25) is 4.79 Å². The Hall–Kier alpha value is -0.520. The number of amides is 1. The van der Waals surface area contributed by atoms with E-state index < -0.39 is 6.10 Å². The van der Waals surface area contributed by atoms with Crippen molar-refractivity contribution < 1.29 is 9.53 Å². The number of hydrogen-bond donors (Lipinski definition) is 1. The number of benzene rings is 1. The van der Waals surface area contributed by atoms with Crippen LogP contribution in [0.25, 0.3) is 0 Å². The summed E-state index contributed by atoms with van der Waals surface area (Å²) in [4.78, 5) is 14.7. The molecule has 0 saturated carbocycles. The Bertz CT molecular complexity index is 597. The lowest BCUT2D eigenvalue weighted by Crippen LogP contribution is -2.53. The smallest absolute Gasteiger partial charge is 0.253 e. The Morgan fingerprint density at radius 1 is 1.30 bits per heavy atom. The molecule has 2 aliphatic rings. The zero-order chi connectivity index (χ0) is 15.9. The topological polar surface area (TPSA) is 41.6 Å². The molecule has 1 N–H and O–H groups in total. The molecule has 2 aliphatic heterocycles. The number of ether oxygens (including phenoxy) is 1. The maximum atomic E-state index is 12.8. The van der Waals surface area contributed by atoms with Gasteiger partial charge >= 0.3 is 0 Å². The maximum Gasteiger partial charge on any atom is 0.253 e. The van der Waals surface area contributed by atoms with Crippen molar-refractivity contribution in [2.45, 2.75) is 38.5 Å². The molecular weight excluding hydrogens is 359 g/mol. The molecule has 23 heavy (non-hydrogen) atoms. The minimum Gasteiger partial charge on any atom is -0.363 e. The van der Waals surface area contributed by atoms with Crippen molar-refractivity contribution in [3.8, 4) is 0 Å². The molecule has 1 aromatic carbocycles. The van der Waals surface area contributed by atoms with E-state index in [1.165, 1.54) is 0 Å². The van der Waals surface area contributed by atoms with Crippen molar-refractivity contribution in [3.63, 3.8) is 0 Å². The summed E-state index contributed by atoms with van der Waals surface area (Å²) in [5.74, 6) is 0.0308. The molecule has 4 nitrogen and oxygen atoms in total. The molecule has 1 amide bonds. The van der Waals surface area contributed by atoms with Gasteiger partial charge in [0.05, 0.1) is 12.1 Å². The zero-order valence-electron chi connectivity index (χ0n) is 13.1. The minimum absolute atomic E-state index is 0. The molecule has 1 saturated heterocycles. The highest BCUT2D eigenvalue weighted by Crippen LogP contribution is 2.37. The fraction of sp³-hybridized carbons (Fsp3) is 0.562. The van der Waals surface area contributed by atoms with Crippen molar-refractivity contribution in [2.75, 3.05) is 19.6 Å². The predicted octanol–water partition coefficient (Wildman–Crippen LogP) is 3.24. The Kier molecular flexibility index (Phi) is 6.20. The first-order chi connectivity index (χ1) is 10.5. The number of nitrogens with zero attached hydrogens (tertiary/aromatic N) is 1. The molecule has 0 radical (unpaired) electrons. The number of hydrogen-bond acceptors (Lipinski definition) is 3. The van der Waals surface area contributed by atoms with Gasteiger partial charge in [0.1, 0.15) is 6.10 Å². The number of halogens is 3. The molecule has 3 rings (SSSR count). The zero-order valence-corrected chi connectivity index (χ0v) is 15.5. The normalized spacial score (nSPS) is 27.1. The molecule has 1 fully saturated rings. The van der Waals surface area contributed by atoms with E-state index in [0.29, 0.717) is 23.1 Å². The summed E-state index contributed by atoms with van der Waals surface area (Å²) in [6.45, 7) is 5.99. The number of rotatable bonds is 1. The van der Waals surface area contributed by atoms with Gasteiger partial charge in [0.2, 0.25) is 0 Å². The van der Waals surface area contributed by atoms with Crippen LogP contribution in [0.3, 0.4) is 0 Å². The Labute approximate surface area is 152 Å². The van der Waals surface area contributed by atoms with Crippen LogP contribution >= 0.6 is 35.6 Å². The summed E-state index contributed by atoms with van der Waals surface area (Å²) < 4.78 is 5.78. The van der Waals surface area contributed by atoms with Crippen molar-refractivity contribution in [2.24, 2.45) is 0 Å². The van der Waals surface area contributed by atoms with E-state index >= 15 is 0 Å². The number of carbonyl (C=O) groups is 1. The predicted molar refractivity (Wildman–Crippen MR) is 94.7 cm³/mol. The molecule has 128 valence electrons. The monoisotopic (exact) mass is 378 g/mol. The lowest BCUT2D eigenvalue weighted by atomic mass is 9.93. The quantitative estimate of drug-likeness (QED) is 0.814. The lowest BCUT2D eigenvalue weighted by molar-refractivity contribution is -0.152. The third kappa shape index (κ3) is 3.77. The summed E-state index contributed by atoms with van der Waals surface area (Å²) in [6.07, 6.45) is 0.401. The van der Waals surface area contributed by atoms with Crippen LogP contribution < -0.4 is 5.32 Å². The van der Waals surface area contributed by atoms with Gasteiger partial charge in [0.15, 0.2) is 0 Å². The van der Waals surface area contributed by atoms with E-state index in [-0.39, 0.29) is 30.5 Å². The first-order valence-corrected chi connectivity index (χ1v) is 8.37. The van der Waals surface area contributed by atoms with Gasteiger partial charge in [0, 0.05) is 29.7 Å². The molecule has 3 atom stereocenters. The average molecular weight is 380 g/mol. The van der Waals surface area contributed by atoms with Crippen LogP contribution in [0.4, 0.5) is 0 Å². The molecule has 0 bridgehead atoms. The summed E-state index contributed by atoms with van der Waals surface area (Å²) in [6, 6.07) is 3.62. The van der Waals surface area contributed by atoms with Crippen molar-refractivity contribution in [1.29, 1.82) is 0 Å². The second-order valence-corrected chi connectivity index (χ2v) is 6.86. The largest absolute Gasteiger partial charge is 0.363 e. The van der Waals surface area contributed by atoms with E-state index in [1.54, 1.807) is 6.07 Å². The van der Waals surface area contributed by atoms with Crippen LogP contribution in [-0.2, 0) is 16.0 Å². The van der Waals surface area contributed by atoms with Gasteiger partial charge < -0.3 is 15.0 Å². The second kappa shape index (κ2) is 7.58. The molecule has 7 heteroatoms. The lowest BCUT2D eigenvalue weighted by Gasteiger charge is -2.39. The summed E-state index contributed by atoms with van der Waals surface area (Å²) >= 11 is 12.4. The Morgan fingerprint density at radius 2 is 2.04 bits per heavy atom. The maximum absolute atomic E-state index is 12.8. The first kappa shape index (κ1) is 18.8. The average Bonchev–Trinajstić information content (AvgIpc) is 2.46. The summed E-state index contributed by atoms with van der Waals surface area (Å²) in [7, 11) is 0. The van der Waals surface area contributed by atoms with E-state index in [4.69, 9.17) is 27.9 Å². The molecule has 2 heterocycles. The van der Waals surface area contributed by atoms with Gasteiger partial charge in [-0.2, -0.15) is 0 Å². The van der Waals surface area contributed by atoms with Crippen LogP contribution in [0.2, 0.25) is 10.0 Å². The highest BCUT2D eigenvalue weighted by Gasteiger charge is 2.35. The summed E-state index contributed by atoms with van der Waals surface area (Å²) in [5.41, 5.74) is 2.13. The number of fused-ring (bicyclic) bond motifs is 1. The van der Waals surface area contributed by atoms with Crippen LogP contribution in [0.15, 0.2) is 12.1 Å². The van der Waals surface area contributed by atoms with Crippen LogP contribution in [-0.4, -0.2) is 42.6 Å². The fourth-order valence-electron chi connectivity index (χ4n) is 3.33. The highest BCUT2D eigenvalue weighted by molar-refractivity contribution is 6.35. The van der Waals surface area contributed by atoms with Crippen molar-refractivity contribution in [1.82, 2.24) is 10.2 Å². The SMILES string of the molecule is C[C@@H]1CNC[C@H](C(=O)N2CCc3cc(Cl)cc(Cl)c3[C@@H]2C)O1.Cl. The Balaban J connectivity index is 0.00000192. The van der Waals surface area contributed by atoms with Gasteiger partial charge in [-0.25, -0.2) is 0 Å². The van der Waals surface area contributed by atoms with Crippen LogP contribution in [0.5, 0.6) is 0 Å². The van der Waals surface area contributed by atoms with Gasteiger partial charge in [-0.15, -0.1) is 12.4 Å². The number of carbonyl (C=O) groups excluding carboxylic acids is 1. The molecule has 1 aromatic rings. The van der Waals surface area contributed by atoms with Gasteiger partial charge in [0.25, 0.3) is 5.91 Å². The molecule has 0 aromatic heterocycles. The van der Waals surface area contributed by atoms with Gasteiger partial charge in [-0.05, 0) is 43.5 Å². The van der Waals surface area contributed by atoms with Crippen molar-refractivity contribution >= 4 is 41.5 Å². The number of nitrogens with one attached hydrogen (secondary N) is 1. The molecule has 0 spiro atoms. The third-order valence-corrected chi connectivity index (χ3v) is 4.93. The van der Waals surface area contributed by atoms with Crippen LogP contribution in [0, 0.1) is 0 Å². The van der Waals surface area contributed by atoms with Crippen molar-refractivity contribution in [3.05, 3.63) is 33.3 Å². The number of morpholine rings is 1. The molecule has 0 unspecified atom stereocenters. The second-order valence-electron chi connectivity index (χ2n) is 6.01. The van der Waals surface area contributed by atoms with E-state index in [0.717, 1.165) is 24.1 Å². The van der Waals surface area contributed by atoms with Crippen LogP contribution in [0.1, 0.15) is 31.0 Å². The van der Waals surface area contributed by atoms with E-state index in [9.17, 15) is 4.79 Å². The molecular formula is C16H21Cl3N2O2. The standard InChI is InChI=1S/C16H20Cl2N2O2.ClH/c1-9-7-19-8-14(22-9)16(21)20-4-3-11-5-12(17)6-13(18)15(11)10(20)2;/h5-6,9-10,14,19H,3-4,7-8H2,1-2H3;1H/t9-,10+,14-;/m1./s1. The first-order valence-electron chi connectivity index (χ1n) is 7.62. The van der Waals surface area contributed by atoms with E-state index in [1.807, 2.05) is 24.8 Å². The molecule has 0 aliphatic carbocycles. The third-order valence-electron chi connectivity index (χ3n) is 4.40. The summed E-state index contributed by atoms with van der Waals surface area (Å²) in [5, 5.41) is 4.51. The minimum atomic E-state index is -0.418. The Morgan fingerprint density at radius 3 is 2.74 bits per heavy atom.